The number of amides is 1. The summed E-state index contributed by atoms with van der Waals surface area (Å²) in [4.78, 5) is 16.7. The summed E-state index contributed by atoms with van der Waals surface area (Å²) in [5.41, 5.74) is 2.62. The van der Waals surface area contributed by atoms with Gasteiger partial charge in [0.2, 0.25) is 11.1 Å². The minimum absolute atomic E-state index is 0.135. The molecule has 146 valence electrons. The normalized spacial score (nSPS) is 10.8. The average molecular weight is 443 g/mol. The number of rotatable bonds is 6. The number of thioether (sulfide) groups is 1. The number of halogens is 1. The number of hydrogen-bond donors (Lipinski definition) is 2. The molecule has 4 aromatic rings. The topological polar surface area (TPSA) is 98.7 Å². The summed E-state index contributed by atoms with van der Waals surface area (Å²) in [6.45, 7) is 0. The van der Waals surface area contributed by atoms with E-state index in [1.807, 2.05) is 47.8 Å². The molecule has 4 rings (SSSR count). The first-order valence-electron chi connectivity index (χ1n) is 8.50. The second-order valence-electron chi connectivity index (χ2n) is 5.92. The highest BCUT2D eigenvalue weighted by atomic mass is 35.5. The lowest BCUT2D eigenvalue weighted by Crippen LogP contribution is -2.16. The molecule has 29 heavy (non-hydrogen) atoms. The fraction of sp³-hybridized carbons (Fsp3) is 0.0526. The summed E-state index contributed by atoms with van der Waals surface area (Å²) >= 11 is 8.48. The van der Waals surface area contributed by atoms with Crippen LogP contribution in [0.4, 0.5) is 5.13 Å². The van der Waals surface area contributed by atoms with E-state index in [1.165, 1.54) is 27.8 Å². The quantitative estimate of drug-likeness (QED) is 0.343. The monoisotopic (exact) mass is 442 g/mol. The Morgan fingerprint density at radius 3 is 2.62 bits per heavy atom. The summed E-state index contributed by atoms with van der Waals surface area (Å²) in [5, 5.41) is 14.5. The van der Waals surface area contributed by atoms with Crippen LogP contribution in [0.1, 0.15) is 0 Å². The molecule has 7 nitrogen and oxygen atoms in total. The van der Waals surface area contributed by atoms with Crippen molar-refractivity contribution in [3.63, 3.8) is 0 Å². The van der Waals surface area contributed by atoms with Gasteiger partial charge in [0, 0.05) is 21.5 Å². The van der Waals surface area contributed by atoms with Gasteiger partial charge < -0.3 is 11.2 Å². The zero-order valence-corrected chi connectivity index (χ0v) is 17.3. The molecule has 3 N–H and O–H groups in total. The van der Waals surface area contributed by atoms with Crippen LogP contribution in [-0.4, -0.2) is 31.5 Å². The molecule has 1 amide bonds. The van der Waals surface area contributed by atoms with Crippen molar-refractivity contribution in [2.45, 2.75) is 5.16 Å². The Morgan fingerprint density at radius 2 is 1.86 bits per heavy atom. The third-order valence-electron chi connectivity index (χ3n) is 3.92. The van der Waals surface area contributed by atoms with E-state index in [1.54, 1.807) is 12.1 Å². The molecule has 0 saturated carbocycles. The van der Waals surface area contributed by atoms with Gasteiger partial charge in [-0.2, -0.15) is 0 Å². The minimum atomic E-state index is -0.194. The fourth-order valence-corrected chi connectivity index (χ4v) is 4.05. The maximum Gasteiger partial charge on any atom is 0.236 e. The first-order chi connectivity index (χ1) is 14.1. The molecule has 0 unspecified atom stereocenters. The summed E-state index contributed by atoms with van der Waals surface area (Å²) < 4.78 is 1.36. The van der Waals surface area contributed by atoms with Crippen molar-refractivity contribution in [2.75, 3.05) is 16.9 Å². The standard InChI is InChI=1S/C19H15ClN6OS2/c20-14-8-6-13(7-9-14)17-24-25-19(26(17)21)29-11-16(27)23-18-22-15(10-28-18)12-4-2-1-3-5-12/h1-10H,11,21H2,(H,22,23,27). The summed E-state index contributed by atoms with van der Waals surface area (Å²) in [6, 6.07) is 16.9. The summed E-state index contributed by atoms with van der Waals surface area (Å²) in [5.74, 6) is 6.51. The molecule has 0 aliphatic carbocycles. The van der Waals surface area contributed by atoms with Crippen molar-refractivity contribution < 1.29 is 4.79 Å². The summed E-state index contributed by atoms with van der Waals surface area (Å²) in [6.07, 6.45) is 0. The van der Waals surface area contributed by atoms with Gasteiger partial charge in [-0.05, 0) is 24.3 Å². The van der Waals surface area contributed by atoms with E-state index < -0.39 is 0 Å². The highest BCUT2D eigenvalue weighted by Crippen LogP contribution is 2.26. The van der Waals surface area contributed by atoms with Crippen LogP contribution in [0.2, 0.25) is 5.02 Å². The van der Waals surface area contributed by atoms with E-state index in [9.17, 15) is 4.79 Å². The molecule has 2 aromatic heterocycles. The van der Waals surface area contributed by atoms with E-state index in [4.69, 9.17) is 17.4 Å². The van der Waals surface area contributed by atoms with Crippen LogP contribution in [0.15, 0.2) is 65.1 Å². The third-order valence-corrected chi connectivity index (χ3v) is 5.87. The number of nitrogens with two attached hydrogens (primary N) is 1. The molecule has 0 fully saturated rings. The van der Waals surface area contributed by atoms with E-state index in [0.717, 1.165) is 16.8 Å². The molecule has 0 aliphatic rings. The molecule has 0 aliphatic heterocycles. The van der Waals surface area contributed by atoms with Gasteiger partial charge in [-0.1, -0.05) is 53.7 Å². The Kier molecular flexibility index (Phi) is 5.79. The molecule has 0 spiro atoms. The van der Waals surface area contributed by atoms with Crippen molar-refractivity contribution in [1.29, 1.82) is 0 Å². The van der Waals surface area contributed by atoms with Crippen LogP contribution in [0.25, 0.3) is 22.6 Å². The lowest BCUT2D eigenvalue weighted by Gasteiger charge is -2.04. The molecule has 0 radical (unpaired) electrons. The van der Waals surface area contributed by atoms with Gasteiger partial charge in [-0.25, -0.2) is 9.66 Å². The van der Waals surface area contributed by atoms with Gasteiger partial charge in [0.1, 0.15) is 0 Å². The van der Waals surface area contributed by atoms with E-state index >= 15 is 0 Å². The third kappa shape index (κ3) is 4.58. The van der Waals surface area contributed by atoms with Gasteiger partial charge in [0.15, 0.2) is 11.0 Å². The Morgan fingerprint density at radius 1 is 1.10 bits per heavy atom. The van der Waals surface area contributed by atoms with Crippen molar-refractivity contribution in [2.24, 2.45) is 0 Å². The van der Waals surface area contributed by atoms with Crippen molar-refractivity contribution in [1.82, 2.24) is 19.9 Å². The Hall–Kier alpha value is -2.88. The number of carbonyl (C=O) groups is 1. The van der Waals surface area contributed by atoms with Gasteiger partial charge in [-0.15, -0.1) is 21.5 Å². The average Bonchev–Trinajstić information content (AvgIpc) is 3.35. The maximum absolute atomic E-state index is 12.3. The van der Waals surface area contributed by atoms with Crippen LogP contribution in [0.3, 0.4) is 0 Å². The van der Waals surface area contributed by atoms with E-state index in [2.05, 4.69) is 20.5 Å². The Labute approximate surface area is 179 Å². The van der Waals surface area contributed by atoms with Crippen molar-refractivity contribution >= 4 is 45.7 Å². The molecular weight excluding hydrogens is 428 g/mol. The Bertz CT molecular complexity index is 1130. The molecule has 0 saturated heterocycles. The number of nitrogens with zero attached hydrogens (tertiary/aromatic N) is 4. The first-order valence-corrected chi connectivity index (χ1v) is 10.7. The van der Waals surface area contributed by atoms with Crippen molar-refractivity contribution in [3.05, 3.63) is 65.0 Å². The predicted molar refractivity (Wildman–Crippen MR) is 118 cm³/mol. The second kappa shape index (κ2) is 8.64. The first kappa shape index (κ1) is 19.4. The van der Waals surface area contributed by atoms with Gasteiger partial charge in [0.25, 0.3) is 0 Å². The summed E-state index contributed by atoms with van der Waals surface area (Å²) in [7, 11) is 0. The van der Waals surface area contributed by atoms with Gasteiger partial charge in [0.05, 0.1) is 11.4 Å². The van der Waals surface area contributed by atoms with Crippen LogP contribution in [-0.2, 0) is 4.79 Å². The fourth-order valence-electron chi connectivity index (χ4n) is 2.53. The SMILES string of the molecule is Nn1c(SCC(=O)Nc2nc(-c3ccccc3)cs2)nnc1-c1ccc(Cl)cc1. The van der Waals surface area contributed by atoms with Crippen LogP contribution < -0.4 is 11.2 Å². The molecule has 2 aromatic carbocycles. The molecule has 10 heteroatoms. The molecule has 0 atom stereocenters. The largest absolute Gasteiger partial charge is 0.335 e. The molecule has 2 heterocycles. The van der Waals surface area contributed by atoms with Crippen LogP contribution >= 0.6 is 34.7 Å². The lowest BCUT2D eigenvalue weighted by molar-refractivity contribution is -0.113. The number of nitrogens with one attached hydrogen (secondary N) is 1. The number of hydrogen-bond acceptors (Lipinski definition) is 7. The molecular formula is C19H15ClN6OS2. The number of nitrogen functional groups attached to an aromatic ring is 1. The predicted octanol–water partition coefficient (Wildman–Crippen LogP) is 4.17. The highest BCUT2D eigenvalue weighted by Gasteiger charge is 2.15. The number of thiazole rings is 1. The number of benzene rings is 2. The molecule has 0 bridgehead atoms. The number of aromatic nitrogens is 4. The zero-order chi connectivity index (χ0) is 20.2. The smallest absolute Gasteiger partial charge is 0.236 e. The zero-order valence-electron chi connectivity index (χ0n) is 14.9. The minimum Gasteiger partial charge on any atom is -0.335 e. The van der Waals surface area contributed by atoms with Crippen LogP contribution in [0.5, 0.6) is 0 Å². The highest BCUT2D eigenvalue weighted by molar-refractivity contribution is 7.99. The maximum atomic E-state index is 12.3. The second-order valence-corrected chi connectivity index (χ2v) is 8.16. The lowest BCUT2D eigenvalue weighted by atomic mass is 10.2. The van der Waals surface area contributed by atoms with Gasteiger partial charge >= 0.3 is 0 Å². The van der Waals surface area contributed by atoms with E-state index in [-0.39, 0.29) is 11.7 Å². The van der Waals surface area contributed by atoms with E-state index in [0.29, 0.717) is 21.1 Å². The van der Waals surface area contributed by atoms with Crippen molar-refractivity contribution in [3.8, 4) is 22.6 Å². The number of anilines is 1. The van der Waals surface area contributed by atoms with Gasteiger partial charge in [-0.3, -0.25) is 4.79 Å². The van der Waals surface area contributed by atoms with Crippen LogP contribution in [0, 0.1) is 0 Å². The number of carbonyl (C=O) groups excluding carboxylic acids is 1. The Balaban J connectivity index is 1.37.